The lowest BCUT2D eigenvalue weighted by atomic mass is 9.72. The Balaban J connectivity index is 2.55. The number of thiophene rings is 1. The molecular weight excluding hydrogens is 208 g/mol. The molecule has 1 aliphatic rings. The third-order valence-electron chi connectivity index (χ3n) is 2.87. The summed E-state index contributed by atoms with van der Waals surface area (Å²) in [5, 5.41) is 11.4. The van der Waals surface area contributed by atoms with E-state index >= 15 is 0 Å². The van der Waals surface area contributed by atoms with Crippen LogP contribution in [0.4, 0.5) is 0 Å². The second-order valence-electron chi connectivity index (χ2n) is 3.68. The summed E-state index contributed by atoms with van der Waals surface area (Å²) in [6, 6.07) is 3.78. The van der Waals surface area contributed by atoms with E-state index in [1.165, 1.54) is 11.3 Å². The van der Waals surface area contributed by atoms with Crippen molar-refractivity contribution in [2.24, 2.45) is 5.92 Å². The number of aliphatic carboxylic acids is 1. The van der Waals surface area contributed by atoms with Crippen molar-refractivity contribution < 1.29 is 9.90 Å². The zero-order valence-electron chi connectivity index (χ0n) is 8.38. The molecule has 1 N–H and O–H groups in total. The van der Waals surface area contributed by atoms with E-state index in [9.17, 15) is 9.90 Å². The van der Waals surface area contributed by atoms with Crippen molar-refractivity contribution in [2.75, 3.05) is 0 Å². The summed E-state index contributed by atoms with van der Waals surface area (Å²) in [7, 11) is 0. The summed E-state index contributed by atoms with van der Waals surface area (Å²) in [5.74, 6) is -0.795. The first-order chi connectivity index (χ1) is 7.18. The summed E-state index contributed by atoms with van der Waals surface area (Å²) in [4.78, 5) is 12.4. The summed E-state index contributed by atoms with van der Waals surface area (Å²) in [6.45, 7) is 1.94. The smallest absolute Gasteiger partial charge is 0.319 e. The van der Waals surface area contributed by atoms with Gasteiger partial charge in [0.05, 0.1) is 0 Å². The van der Waals surface area contributed by atoms with Crippen LogP contribution in [0.2, 0.25) is 0 Å². The maximum absolute atomic E-state index is 11.5. The summed E-state index contributed by atoms with van der Waals surface area (Å²) in [5.41, 5.74) is -0.872. The number of hydrogen-bond donors (Lipinski definition) is 1. The van der Waals surface area contributed by atoms with Gasteiger partial charge in [0, 0.05) is 4.88 Å². The fraction of sp³-hybridized carbons (Fsp3) is 0.250. The van der Waals surface area contributed by atoms with Gasteiger partial charge >= 0.3 is 5.97 Å². The van der Waals surface area contributed by atoms with Crippen molar-refractivity contribution in [2.45, 2.75) is 12.3 Å². The molecule has 0 aromatic carbocycles. The lowest BCUT2D eigenvalue weighted by Crippen LogP contribution is -2.39. The van der Waals surface area contributed by atoms with Gasteiger partial charge in [-0.1, -0.05) is 37.3 Å². The van der Waals surface area contributed by atoms with Gasteiger partial charge in [0.2, 0.25) is 0 Å². The largest absolute Gasteiger partial charge is 0.480 e. The van der Waals surface area contributed by atoms with Crippen molar-refractivity contribution >= 4 is 17.3 Å². The van der Waals surface area contributed by atoms with E-state index in [-0.39, 0.29) is 5.92 Å². The Bertz CT molecular complexity index is 417. The molecule has 78 valence electrons. The molecular formula is C12H12O2S. The first-order valence-electron chi connectivity index (χ1n) is 4.81. The van der Waals surface area contributed by atoms with E-state index in [2.05, 4.69) is 0 Å². The summed E-state index contributed by atoms with van der Waals surface area (Å²) in [6.07, 6.45) is 7.44. The van der Waals surface area contributed by atoms with Crippen molar-refractivity contribution in [3.63, 3.8) is 0 Å². The number of carboxylic acid groups (broad SMARTS) is 1. The Morgan fingerprint density at radius 1 is 1.53 bits per heavy atom. The van der Waals surface area contributed by atoms with Crippen LogP contribution in [0.1, 0.15) is 11.8 Å². The molecule has 2 unspecified atom stereocenters. The van der Waals surface area contributed by atoms with E-state index in [0.717, 1.165) is 4.88 Å². The normalized spacial score (nSPS) is 29.3. The van der Waals surface area contributed by atoms with Gasteiger partial charge in [-0.3, -0.25) is 4.79 Å². The number of carboxylic acids is 1. The van der Waals surface area contributed by atoms with Crippen LogP contribution in [-0.2, 0) is 10.2 Å². The molecule has 1 heterocycles. The average molecular weight is 220 g/mol. The van der Waals surface area contributed by atoms with Gasteiger partial charge in [0.1, 0.15) is 5.41 Å². The van der Waals surface area contributed by atoms with Gasteiger partial charge in [-0.15, -0.1) is 11.3 Å². The Labute approximate surface area is 92.6 Å². The van der Waals surface area contributed by atoms with Gasteiger partial charge in [-0.25, -0.2) is 0 Å². The number of rotatable bonds is 2. The lowest BCUT2D eigenvalue weighted by molar-refractivity contribution is -0.143. The molecule has 1 aliphatic carbocycles. The molecule has 2 atom stereocenters. The van der Waals surface area contributed by atoms with Gasteiger partial charge in [-0.05, 0) is 17.4 Å². The topological polar surface area (TPSA) is 37.3 Å². The van der Waals surface area contributed by atoms with Crippen LogP contribution in [0.15, 0.2) is 41.8 Å². The van der Waals surface area contributed by atoms with Crippen molar-refractivity contribution in [1.29, 1.82) is 0 Å². The zero-order valence-corrected chi connectivity index (χ0v) is 9.20. The lowest BCUT2D eigenvalue weighted by Gasteiger charge is -2.31. The number of hydrogen-bond acceptors (Lipinski definition) is 2. The SMILES string of the molecule is CC1C=CC=CC1(C(=O)O)c1cccs1. The molecule has 2 rings (SSSR count). The van der Waals surface area contributed by atoms with Gasteiger partial charge in [0.25, 0.3) is 0 Å². The van der Waals surface area contributed by atoms with Crippen molar-refractivity contribution in [1.82, 2.24) is 0 Å². The predicted octanol–water partition coefficient (Wildman–Crippen LogP) is 2.83. The van der Waals surface area contributed by atoms with E-state index in [1.54, 1.807) is 6.08 Å². The van der Waals surface area contributed by atoms with E-state index in [0.29, 0.717) is 0 Å². The van der Waals surface area contributed by atoms with Crippen LogP contribution in [0.5, 0.6) is 0 Å². The fourth-order valence-corrected chi connectivity index (χ4v) is 2.93. The molecule has 2 nitrogen and oxygen atoms in total. The highest BCUT2D eigenvalue weighted by molar-refractivity contribution is 7.10. The highest BCUT2D eigenvalue weighted by atomic mass is 32.1. The van der Waals surface area contributed by atoms with Crippen LogP contribution in [0, 0.1) is 5.92 Å². The van der Waals surface area contributed by atoms with Crippen molar-refractivity contribution in [3.8, 4) is 0 Å². The van der Waals surface area contributed by atoms with Crippen LogP contribution in [-0.4, -0.2) is 11.1 Å². The van der Waals surface area contributed by atoms with Crippen LogP contribution in [0.3, 0.4) is 0 Å². The molecule has 0 radical (unpaired) electrons. The summed E-state index contributed by atoms with van der Waals surface area (Å²) >= 11 is 1.49. The van der Waals surface area contributed by atoms with Gasteiger partial charge in [-0.2, -0.15) is 0 Å². The fourth-order valence-electron chi connectivity index (χ4n) is 1.93. The molecule has 0 amide bonds. The van der Waals surface area contributed by atoms with Crippen molar-refractivity contribution in [3.05, 3.63) is 46.7 Å². The average Bonchev–Trinajstić information content (AvgIpc) is 2.71. The van der Waals surface area contributed by atoms with Gasteiger partial charge < -0.3 is 5.11 Å². The number of carbonyl (C=O) groups is 1. The molecule has 0 fully saturated rings. The Morgan fingerprint density at radius 2 is 2.33 bits per heavy atom. The minimum absolute atomic E-state index is 0.0151. The Kier molecular flexibility index (Phi) is 2.49. The van der Waals surface area contributed by atoms with E-state index in [4.69, 9.17) is 0 Å². The quantitative estimate of drug-likeness (QED) is 0.832. The second kappa shape index (κ2) is 3.66. The number of allylic oxidation sites excluding steroid dienone is 3. The first kappa shape index (κ1) is 10.2. The molecule has 3 heteroatoms. The molecule has 15 heavy (non-hydrogen) atoms. The zero-order chi connectivity index (χ0) is 10.9. The maximum Gasteiger partial charge on any atom is 0.319 e. The maximum atomic E-state index is 11.5. The molecule has 1 aromatic rings. The standard InChI is InChI=1S/C12H12O2S/c1-9-5-2-3-7-12(9,11(13)14)10-6-4-8-15-10/h2-9H,1H3,(H,13,14). The highest BCUT2D eigenvalue weighted by Gasteiger charge is 2.43. The molecule has 0 spiro atoms. The van der Waals surface area contributed by atoms with Crippen LogP contribution in [0.25, 0.3) is 0 Å². The Hall–Kier alpha value is -1.35. The van der Waals surface area contributed by atoms with Crippen LogP contribution < -0.4 is 0 Å². The Morgan fingerprint density at radius 3 is 2.87 bits per heavy atom. The summed E-state index contributed by atoms with van der Waals surface area (Å²) < 4.78 is 0. The van der Waals surface area contributed by atoms with E-state index in [1.807, 2.05) is 42.7 Å². The molecule has 0 saturated heterocycles. The van der Waals surface area contributed by atoms with Crippen LogP contribution >= 0.6 is 11.3 Å². The predicted molar refractivity (Wildman–Crippen MR) is 61.1 cm³/mol. The van der Waals surface area contributed by atoms with Gasteiger partial charge in [0.15, 0.2) is 0 Å². The van der Waals surface area contributed by atoms with E-state index < -0.39 is 11.4 Å². The third kappa shape index (κ3) is 1.43. The molecule has 1 aromatic heterocycles. The first-order valence-corrected chi connectivity index (χ1v) is 5.69. The monoisotopic (exact) mass is 220 g/mol. The molecule has 0 aliphatic heterocycles. The minimum Gasteiger partial charge on any atom is -0.480 e. The second-order valence-corrected chi connectivity index (χ2v) is 4.63. The minimum atomic E-state index is -0.872. The molecule has 0 saturated carbocycles. The molecule has 0 bridgehead atoms. The third-order valence-corrected chi connectivity index (χ3v) is 3.89. The highest BCUT2D eigenvalue weighted by Crippen LogP contribution is 2.39.